The molecule has 7 heteroatoms. The Hall–Kier alpha value is -2.85. The smallest absolute Gasteiger partial charge is 0.347 e. The van der Waals surface area contributed by atoms with Crippen LogP contribution in [0.2, 0.25) is 0 Å². The molecule has 1 aromatic heterocycles. The molecule has 0 unspecified atom stereocenters. The average Bonchev–Trinajstić information content (AvgIpc) is 2.95. The summed E-state index contributed by atoms with van der Waals surface area (Å²) in [4.78, 5) is 0. The predicted octanol–water partition coefficient (Wildman–Crippen LogP) is 5.93. The molecule has 0 aliphatic heterocycles. The van der Waals surface area contributed by atoms with Crippen molar-refractivity contribution in [2.24, 2.45) is 11.1 Å². The molecule has 0 aliphatic carbocycles. The topological polar surface area (TPSA) is 54.7 Å². The van der Waals surface area contributed by atoms with Gasteiger partial charge in [0.1, 0.15) is 11.9 Å². The van der Waals surface area contributed by atoms with Crippen LogP contribution in [0.4, 0.5) is 17.6 Å². The Morgan fingerprint density at radius 3 is 2.34 bits per heavy atom. The first-order valence-corrected chi connectivity index (χ1v) is 9.06. The van der Waals surface area contributed by atoms with Gasteiger partial charge in [-0.1, -0.05) is 39.0 Å². The lowest BCUT2D eigenvalue weighted by atomic mass is 9.96. The largest absolute Gasteiger partial charge is 0.407 e. The quantitative estimate of drug-likeness (QED) is 0.551. The molecule has 0 fully saturated rings. The molecule has 3 aromatic rings. The fourth-order valence-electron chi connectivity index (χ4n) is 3.43. The first-order chi connectivity index (χ1) is 13.4. The lowest BCUT2D eigenvalue weighted by molar-refractivity contribution is -0.148. The second-order valence-electron chi connectivity index (χ2n) is 8.30. The molecular formula is C22H21F4N3. The van der Waals surface area contributed by atoms with Gasteiger partial charge in [-0.3, -0.25) is 0 Å². The van der Waals surface area contributed by atoms with Crippen molar-refractivity contribution in [1.29, 1.82) is 5.26 Å². The zero-order chi connectivity index (χ0) is 21.6. The van der Waals surface area contributed by atoms with Gasteiger partial charge in [0.2, 0.25) is 0 Å². The molecular weight excluding hydrogens is 382 g/mol. The summed E-state index contributed by atoms with van der Waals surface area (Å²) in [6.45, 7) is 6.28. The van der Waals surface area contributed by atoms with Crippen LogP contribution in [0, 0.1) is 22.6 Å². The van der Waals surface area contributed by atoms with E-state index in [0.717, 1.165) is 6.07 Å². The number of fused-ring (bicyclic) bond motifs is 1. The van der Waals surface area contributed by atoms with Gasteiger partial charge in [-0.2, -0.15) is 18.4 Å². The highest BCUT2D eigenvalue weighted by Gasteiger charge is 2.39. The molecule has 3 nitrogen and oxygen atoms in total. The minimum absolute atomic E-state index is 0.120. The highest BCUT2D eigenvalue weighted by molar-refractivity contribution is 5.90. The van der Waals surface area contributed by atoms with Crippen molar-refractivity contribution in [2.45, 2.75) is 39.5 Å². The maximum Gasteiger partial charge on any atom is 0.407 e. The Morgan fingerprint density at radius 1 is 1.10 bits per heavy atom. The average molecular weight is 403 g/mol. The van der Waals surface area contributed by atoms with Crippen molar-refractivity contribution >= 4 is 10.9 Å². The van der Waals surface area contributed by atoms with Gasteiger partial charge in [-0.25, -0.2) is 4.39 Å². The Labute approximate surface area is 166 Å². The van der Waals surface area contributed by atoms with E-state index in [1.165, 1.54) is 12.3 Å². The number of hydrogen-bond donors (Lipinski definition) is 1. The van der Waals surface area contributed by atoms with Gasteiger partial charge in [0.15, 0.2) is 0 Å². The van der Waals surface area contributed by atoms with E-state index < -0.39 is 18.0 Å². The fraction of sp³-hybridized carbons (Fsp3) is 0.318. The Morgan fingerprint density at radius 2 is 1.76 bits per heavy atom. The molecule has 0 spiro atoms. The lowest BCUT2D eigenvalue weighted by Crippen LogP contribution is -2.28. The summed E-state index contributed by atoms with van der Waals surface area (Å²) in [5.41, 5.74) is 6.33. The summed E-state index contributed by atoms with van der Waals surface area (Å²) in [5, 5.41) is 9.46. The van der Waals surface area contributed by atoms with Gasteiger partial charge in [-0.15, -0.1) is 0 Å². The number of hydrogen-bond acceptors (Lipinski definition) is 2. The van der Waals surface area contributed by atoms with Crippen LogP contribution < -0.4 is 5.73 Å². The van der Waals surface area contributed by atoms with E-state index in [-0.39, 0.29) is 27.5 Å². The second-order valence-corrected chi connectivity index (χ2v) is 8.30. The van der Waals surface area contributed by atoms with Crippen LogP contribution in [-0.2, 0) is 6.54 Å². The van der Waals surface area contributed by atoms with Crippen LogP contribution in [0.3, 0.4) is 0 Å². The number of halogens is 4. The highest BCUT2D eigenvalue weighted by atomic mass is 19.4. The summed E-state index contributed by atoms with van der Waals surface area (Å²) in [6.07, 6.45) is -3.29. The summed E-state index contributed by atoms with van der Waals surface area (Å²) >= 11 is 0. The minimum Gasteiger partial charge on any atom is -0.347 e. The normalized spacial score (nSPS) is 13.5. The fourth-order valence-corrected chi connectivity index (χ4v) is 3.43. The van der Waals surface area contributed by atoms with E-state index >= 15 is 0 Å². The van der Waals surface area contributed by atoms with E-state index in [1.807, 2.05) is 26.8 Å². The zero-order valence-electron chi connectivity index (χ0n) is 16.3. The van der Waals surface area contributed by atoms with E-state index in [1.54, 1.807) is 28.8 Å². The zero-order valence-corrected chi connectivity index (χ0v) is 16.3. The van der Waals surface area contributed by atoms with Crippen LogP contribution >= 0.6 is 0 Å². The van der Waals surface area contributed by atoms with Crippen LogP contribution in [0.1, 0.15) is 37.9 Å². The van der Waals surface area contributed by atoms with E-state index in [2.05, 4.69) is 0 Å². The molecule has 2 N–H and O–H groups in total. The van der Waals surface area contributed by atoms with Gasteiger partial charge in [-0.05, 0) is 23.6 Å². The van der Waals surface area contributed by atoms with Crippen molar-refractivity contribution in [3.8, 4) is 17.2 Å². The number of benzene rings is 2. The van der Waals surface area contributed by atoms with E-state index in [4.69, 9.17) is 5.73 Å². The summed E-state index contributed by atoms with van der Waals surface area (Å²) in [5.74, 6) is -0.704. The van der Waals surface area contributed by atoms with Gasteiger partial charge in [0, 0.05) is 40.3 Å². The number of nitriles is 1. The van der Waals surface area contributed by atoms with Crippen molar-refractivity contribution in [2.75, 3.05) is 0 Å². The third-order valence-electron chi connectivity index (χ3n) is 4.67. The molecule has 0 aliphatic rings. The molecule has 0 saturated heterocycles. The highest BCUT2D eigenvalue weighted by Crippen LogP contribution is 2.39. The van der Waals surface area contributed by atoms with Crippen LogP contribution in [-0.4, -0.2) is 10.7 Å². The SMILES string of the molecule is CC(C)(C)Cn1cc([C@H](N)C(F)(F)F)c2cc(F)c(-c3ccccc3C#N)cc21. The molecule has 0 bridgehead atoms. The number of alkyl halides is 3. The molecule has 1 heterocycles. The first-order valence-electron chi connectivity index (χ1n) is 9.06. The Bertz CT molecular complexity index is 1100. The standard InChI is InChI=1S/C22H21F4N3/c1-21(2,3)12-29-11-17(20(28)22(24,25)26)16-8-18(23)15(9-19(16)29)14-7-5-4-6-13(14)10-27/h4-9,11,20H,12,28H2,1-3H3/t20-/m0/s1. The monoisotopic (exact) mass is 403 g/mol. The van der Waals surface area contributed by atoms with Gasteiger partial charge >= 0.3 is 6.18 Å². The third-order valence-corrected chi connectivity index (χ3v) is 4.67. The number of aromatic nitrogens is 1. The van der Waals surface area contributed by atoms with Crippen molar-refractivity contribution < 1.29 is 17.6 Å². The predicted molar refractivity (Wildman–Crippen MR) is 104 cm³/mol. The van der Waals surface area contributed by atoms with Crippen LogP contribution in [0.5, 0.6) is 0 Å². The molecule has 0 amide bonds. The Balaban J connectivity index is 2.31. The molecule has 0 saturated carbocycles. The van der Waals surface area contributed by atoms with Gasteiger partial charge in [0.25, 0.3) is 0 Å². The first kappa shape index (κ1) is 20.9. The van der Waals surface area contributed by atoms with Crippen LogP contribution in [0.25, 0.3) is 22.0 Å². The maximum absolute atomic E-state index is 15.0. The number of nitrogens with zero attached hydrogens (tertiary/aromatic N) is 2. The Kier molecular flexibility index (Phi) is 5.18. The molecule has 2 aromatic carbocycles. The molecule has 0 radical (unpaired) electrons. The van der Waals surface area contributed by atoms with Crippen LogP contribution in [0.15, 0.2) is 42.6 Å². The molecule has 3 rings (SSSR count). The van der Waals surface area contributed by atoms with Gasteiger partial charge in [0.05, 0.1) is 11.6 Å². The molecule has 152 valence electrons. The minimum atomic E-state index is -4.65. The summed E-state index contributed by atoms with van der Waals surface area (Å²) < 4.78 is 56.5. The lowest BCUT2D eigenvalue weighted by Gasteiger charge is -2.20. The van der Waals surface area contributed by atoms with Gasteiger partial charge < -0.3 is 10.3 Å². The maximum atomic E-state index is 15.0. The van der Waals surface area contributed by atoms with Crippen molar-refractivity contribution in [3.05, 3.63) is 59.5 Å². The van der Waals surface area contributed by atoms with E-state index in [0.29, 0.717) is 17.6 Å². The summed E-state index contributed by atoms with van der Waals surface area (Å²) in [7, 11) is 0. The second kappa shape index (κ2) is 7.20. The molecule has 29 heavy (non-hydrogen) atoms. The number of nitrogens with two attached hydrogens (primary N) is 1. The van der Waals surface area contributed by atoms with Crippen molar-refractivity contribution in [3.63, 3.8) is 0 Å². The summed E-state index contributed by atoms with van der Waals surface area (Å²) in [6, 6.07) is 8.91. The third kappa shape index (κ3) is 4.13. The van der Waals surface area contributed by atoms with E-state index in [9.17, 15) is 22.8 Å². The van der Waals surface area contributed by atoms with Crippen molar-refractivity contribution in [1.82, 2.24) is 4.57 Å². The molecule has 1 atom stereocenters. The number of rotatable bonds is 3.